The Morgan fingerprint density at radius 2 is 2.31 bits per heavy atom. The topological polar surface area (TPSA) is 42.7 Å². The van der Waals surface area contributed by atoms with Crippen LogP contribution in [0.25, 0.3) is 0 Å². The fraction of sp³-hybridized carbons (Fsp3) is 0.778. The molecule has 1 heterocycles. The number of hydrogen-bond acceptors (Lipinski definition) is 3. The van der Waals surface area contributed by atoms with Gasteiger partial charge < -0.3 is 5.32 Å². The lowest BCUT2D eigenvalue weighted by molar-refractivity contribution is 0.416. The van der Waals surface area contributed by atoms with Crippen molar-refractivity contribution in [1.82, 2.24) is 20.1 Å². The number of rotatable bonds is 6. The van der Waals surface area contributed by atoms with Gasteiger partial charge in [-0.2, -0.15) is 5.10 Å². The van der Waals surface area contributed by atoms with Crippen molar-refractivity contribution in [1.29, 1.82) is 0 Å². The second-order valence-corrected chi connectivity index (χ2v) is 3.18. The minimum Gasteiger partial charge on any atom is -0.312 e. The van der Waals surface area contributed by atoms with Crippen LogP contribution in [0.3, 0.4) is 0 Å². The van der Waals surface area contributed by atoms with E-state index in [-0.39, 0.29) is 0 Å². The molecular formula is C9H18N4. The number of aromatic nitrogens is 3. The average Bonchev–Trinajstić information content (AvgIpc) is 2.64. The van der Waals surface area contributed by atoms with Crippen LogP contribution in [-0.2, 0) is 6.54 Å². The molecule has 1 atom stereocenters. The van der Waals surface area contributed by atoms with Gasteiger partial charge in [-0.15, -0.1) is 0 Å². The van der Waals surface area contributed by atoms with Gasteiger partial charge in [0.15, 0.2) is 0 Å². The summed E-state index contributed by atoms with van der Waals surface area (Å²) in [4.78, 5) is 3.91. The van der Waals surface area contributed by atoms with Crippen LogP contribution in [-0.4, -0.2) is 27.4 Å². The highest BCUT2D eigenvalue weighted by atomic mass is 15.3. The van der Waals surface area contributed by atoms with E-state index in [1.807, 2.05) is 4.68 Å². The Morgan fingerprint density at radius 1 is 1.46 bits per heavy atom. The first kappa shape index (κ1) is 10.2. The van der Waals surface area contributed by atoms with Crippen LogP contribution in [0.5, 0.6) is 0 Å². The molecule has 0 aliphatic carbocycles. The third-order valence-electron chi connectivity index (χ3n) is 2.05. The van der Waals surface area contributed by atoms with Crippen LogP contribution in [0.15, 0.2) is 12.7 Å². The minimum absolute atomic E-state index is 0.515. The predicted octanol–water partition coefficient (Wildman–Crippen LogP) is 1.06. The molecule has 0 saturated heterocycles. The summed E-state index contributed by atoms with van der Waals surface area (Å²) in [6.45, 7) is 6.35. The summed E-state index contributed by atoms with van der Waals surface area (Å²) in [5.74, 6) is 0. The van der Waals surface area contributed by atoms with Gasteiger partial charge in [-0.1, -0.05) is 13.8 Å². The fourth-order valence-corrected chi connectivity index (χ4v) is 1.24. The summed E-state index contributed by atoms with van der Waals surface area (Å²) in [6.07, 6.45) is 5.64. The average molecular weight is 182 g/mol. The van der Waals surface area contributed by atoms with Gasteiger partial charge in [0.1, 0.15) is 12.7 Å². The van der Waals surface area contributed by atoms with Gasteiger partial charge in [-0.05, 0) is 19.4 Å². The molecule has 4 nitrogen and oxygen atoms in total. The molecule has 0 bridgehead atoms. The molecule has 1 unspecified atom stereocenters. The molecule has 0 saturated carbocycles. The Morgan fingerprint density at radius 3 is 2.85 bits per heavy atom. The van der Waals surface area contributed by atoms with E-state index < -0.39 is 0 Å². The van der Waals surface area contributed by atoms with Crippen molar-refractivity contribution in [2.75, 3.05) is 6.54 Å². The van der Waals surface area contributed by atoms with Crippen LogP contribution in [0, 0.1) is 0 Å². The van der Waals surface area contributed by atoms with Crippen molar-refractivity contribution in [3.8, 4) is 0 Å². The predicted molar refractivity (Wildman–Crippen MR) is 52.4 cm³/mol. The van der Waals surface area contributed by atoms with E-state index in [0.29, 0.717) is 6.04 Å². The molecule has 0 fully saturated rings. The van der Waals surface area contributed by atoms with Crippen LogP contribution in [0.1, 0.15) is 26.7 Å². The summed E-state index contributed by atoms with van der Waals surface area (Å²) in [5.41, 5.74) is 0. The fourth-order valence-electron chi connectivity index (χ4n) is 1.24. The highest BCUT2D eigenvalue weighted by Crippen LogP contribution is 1.95. The molecule has 1 rings (SSSR count). The van der Waals surface area contributed by atoms with E-state index in [4.69, 9.17) is 0 Å². The normalized spacial score (nSPS) is 13.1. The smallest absolute Gasteiger partial charge is 0.137 e. The Hall–Kier alpha value is -0.900. The third kappa shape index (κ3) is 3.55. The molecule has 1 aromatic heterocycles. The first-order valence-electron chi connectivity index (χ1n) is 4.92. The van der Waals surface area contributed by atoms with Gasteiger partial charge in [-0.25, -0.2) is 4.98 Å². The summed E-state index contributed by atoms with van der Waals surface area (Å²) in [7, 11) is 0. The van der Waals surface area contributed by atoms with Crippen LogP contribution in [0.2, 0.25) is 0 Å². The highest BCUT2D eigenvalue weighted by molar-refractivity contribution is 4.66. The summed E-state index contributed by atoms with van der Waals surface area (Å²) in [6, 6.07) is 0.515. The highest BCUT2D eigenvalue weighted by Gasteiger charge is 2.05. The van der Waals surface area contributed by atoms with Crippen LogP contribution < -0.4 is 5.32 Å². The van der Waals surface area contributed by atoms with Gasteiger partial charge in [-0.3, -0.25) is 4.68 Å². The molecule has 13 heavy (non-hydrogen) atoms. The molecule has 1 N–H and O–H groups in total. The van der Waals surface area contributed by atoms with Gasteiger partial charge in [0.05, 0.1) is 6.54 Å². The molecule has 0 radical (unpaired) electrons. The van der Waals surface area contributed by atoms with Crippen molar-refractivity contribution in [2.24, 2.45) is 0 Å². The molecule has 0 spiro atoms. The SMILES string of the molecule is CCCNC(CC)Cn1cncn1. The van der Waals surface area contributed by atoms with E-state index in [2.05, 4.69) is 29.2 Å². The Kier molecular flexibility index (Phi) is 4.46. The Bertz CT molecular complexity index is 207. The standard InChI is InChI=1S/C9H18N4/c1-3-5-11-9(4-2)6-13-8-10-7-12-13/h7-9,11H,3-6H2,1-2H3. The monoisotopic (exact) mass is 182 g/mol. The van der Waals surface area contributed by atoms with E-state index in [1.54, 1.807) is 12.7 Å². The first-order valence-corrected chi connectivity index (χ1v) is 4.92. The van der Waals surface area contributed by atoms with Crippen molar-refractivity contribution >= 4 is 0 Å². The molecule has 0 amide bonds. The van der Waals surface area contributed by atoms with Crippen LogP contribution >= 0.6 is 0 Å². The Balaban J connectivity index is 2.31. The van der Waals surface area contributed by atoms with E-state index in [0.717, 1.165) is 19.5 Å². The molecule has 0 aromatic carbocycles. The number of hydrogen-bond donors (Lipinski definition) is 1. The van der Waals surface area contributed by atoms with Crippen LogP contribution in [0.4, 0.5) is 0 Å². The number of nitrogens with zero attached hydrogens (tertiary/aromatic N) is 3. The third-order valence-corrected chi connectivity index (χ3v) is 2.05. The minimum atomic E-state index is 0.515. The van der Waals surface area contributed by atoms with Gasteiger partial charge in [0.25, 0.3) is 0 Å². The van der Waals surface area contributed by atoms with E-state index in [1.165, 1.54) is 6.42 Å². The zero-order chi connectivity index (χ0) is 9.52. The summed E-state index contributed by atoms with van der Waals surface area (Å²) in [5, 5.41) is 7.55. The van der Waals surface area contributed by atoms with Crippen molar-refractivity contribution in [2.45, 2.75) is 39.3 Å². The number of nitrogens with one attached hydrogen (secondary N) is 1. The second-order valence-electron chi connectivity index (χ2n) is 3.18. The van der Waals surface area contributed by atoms with E-state index >= 15 is 0 Å². The van der Waals surface area contributed by atoms with Crippen molar-refractivity contribution < 1.29 is 0 Å². The zero-order valence-electron chi connectivity index (χ0n) is 8.40. The van der Waals surface area contributed by atoms with Gasteiger partial charge >= 0.3 is 0 Å². The maximum atomic E-state index is 4.08. The van der Waals surface area contributed by atoms with Crippen molar-refractivity contribution in [3.05, 3.63) is 12.7 Å². The molecule has 1 aromatic rings. The van der Waals surface area contributed by atoms with Gasteiger partial charge in [0, 0.05) is 6.04 Å². The summed E-state index contributed by atoms with van der Waals surface area (Å²) >= 11 is 0. The molecule has 0 aliphatic heterocycles. The second kappa shape index (κ2) is 5.70. The van der Waals surface area contributed by atoms with E-state index in [9.17, 15) is 0 Å². The summed E-state index contributed by atoms with van der Waals surface area (Å²) < 4.78 is 1.87. The molecular weight excluding hydrogens is 164 g/mol. The molecule has 74 valence electrons. The Labute approximate surface area is 79.4 Å². The lowest BCUT2D eigenvalue weighted by Gasteiger charge is -2.15. The lowest BCUT2D eigenvalue weighted by atomic mass is 10.2. The maximum absolute atomic E-state index is 4.08. The first-order chi connectivity index (χ1) is 6.36. The molecule has 0 aliphatic rings. The largest absolute Gasteiger partial charge is 0.312 e. The molecule has 4 heteroatoms. The quantitative estimate of drug-likeness (QED) is 0.715. The zero-order valence-corrected chi connectivity index (χ0v) is 8.40. The lowest BCUT2D eigenvalue weighted by Crippen LogP contribution is -2.33. The van der Waals surface area contributed by atoms with Gasteiger partial charge in [0.2, 0.25) is 0 Å². The van der Waals surface area contributed by atoms with Crippen molar-refractivity contribution in [3.63, 3.8) is 0 Å². The maximum Gasteiger partial charge on any atom is 0.137 e.